The maximum absolute atomic E-state index is 5.72. The summed E-state index contributed by atoms with van der Waals surface area (Å²) in [5, 5.41) is 6.32. The summed E-state index contributed by atoms with van der Waals surface area (Å²) in [6, 6.07) is 6.21. The van der Waals surface area contributed by atoms with E-state index in [0.717, 1.165) is 18.3 Å². The summed E-state index contributed by atoms with van der Waals surface area (Å²) >= 11 is 0. The number of aliphatic imine (C=N–C) groups is 1. The molecular formula is C16H25N3O. The molecule has 4 nitrogen and oxygen atoms in total. The summed E-state index contributed by atoms with van der Waals surface area (Å²) in [5.74, 6) is 1.69. The zero-order chi connectivity index (χ0) is 14.8. The van der Waals surface area contributed by atoms with E-state index in [9.17, 15) is 0 Å². The highest BCUT2D eigenvalue weighted by molar-refractivity contribution is 5.79. The topological polar surface area (TPSA) is 45.7 Å². The first-order valence-corrected chi connectivity index (χ1v) is 7.00. The van der Waals surface area contributed by atoms with Gasteiger partial charge in [-0.05, 0) is 44.0 Å². The highest BCUT2D eigenvalue weighted by Crippen LogP contribution is 2.15. The van der Waals surface area contributed by atoms with Gasteiger partial charge in [-0.15, -0.1) is 6.58 Å². The third-order valence-electron chi connectivity index (χ3n) is 2.58. The molecule has 4 heteroatoms. The van der Waals surface area contributed by atoms with Gasteiger partial charge in [0.05, 0.1) is 6.54 Å². The number of guanidine groups is 1. The summed E-state index contributed by atoms with van der Waals surface area (Å²) in [4.78, 5) is 4.43. The van der Waals surface area contributed by atoms with Crippen molar-refractivity contribution in [3.8, 4) is 5.75 Å². The Balaban J connectivity index is 2.43. The van der Waals surface area contributed by atoms with E-state index < -0.39 is 0 Å². The van der Waals surface area contributed by atoms with Crippen LogP contribution in [0.4, 0.5) is 0 Å². The maximum atomic E-state index is 5.72. The van der Waals surface area contributed by atoms with Gasteiger partial charge in [0.2, 0.25) is 0 Å². The maximum Gasteiger partial charge on any atom is 0.191 e. The molecule has 0 aliphatic rings. The Kier molecular flexibility index (Phi) is 7.25. The van der Waals surface area contributed by atoms with Crippen molar-refractivity contribution in [2.24, 2.45) is 4.99 Å². The SMILES string of the molecule is C=CCNC(=NCCOc1cc(C)cc(C)c1)NCC. The molecule has 1 aromatic rings. The highest BCUT2D eigenvalue weighted by Gasteiger charge is 1.97. The quantitative estimate of drug-likeness (QED) is 0.348. The monoisotopic (exact) mass is 275 g/mol. The number of hydrogen-bond acceptors (Lipinski definition) is 2. The van der Waals surface area contributed by atoms with Crippen molar-refractivity contribution in [2.45, 2.75) is 20.8 Å². The second-order valence-electron chi connectivity index (χ2n) is 4.60. The molecule has 2 N–H and O–H groups in total. The van der Waals surface area contributed by atoms with Gasteiger partial charge in [0.1, 0.15) is 12.4 Å². The standard InChI is InChI=1S/C16H25N3O/c1-5-7-18-16(17-6-2)19-8-9-20-15-11-13(3)10-14(4)12-15/h5,10-12H,1,6-9H2,2-4H3,(H2,17,18,19). The van der Waals surface area contributed by atoms with Crippen molar-refractivity contribution in [3.63, 3.8) is 0 Å². The minimum Gasteiger partial charge on any atom is -0.492 e. The highest BCUT2D eigenvalue weighted by atomic mass is 16.5. The fraction of sp³-hybridized carbons (Fsp3) is 0.438. The fourth-order valence-electron chi connectivity index (χ4n) is 1.85. The van der Waals surface area contributed by atoms with Crippen molar-refractivity contribution in [3.05, 3.63) is 42.0 Å². The van der Waals surface area contributed by atoms with E-state index in [0.29, 0.717) is 19.7 Å². The van der Waals surface area contributed by atoms with Crippen LogP contribution < -0.4 is 15.4 Å². The molecule has 0 saturated carbocycles. The third-order valence-corrected chi connectivity index (χ3v) is 2.58. The number of nitrogens with zero attached hydrogens (tertiary/aromatic N) is 1. The van der Waals surface area contributed by atoms with E-state index in [4.69, 9.17) is 4.74 Å². The summed E-state index contributed by atoms with van der Waals surface area (Å²) in [5.41, 5.74) is 2.42. The Hall–Kier alpha value is -1.97. The Bertz CT molecular complexity index is 435. The van der Waals surface area contributed by atoms with E-state index >= 15 is 0 Å². The lowest BCUT2D eigenvalue weighted by molar-refractivity contribution is 0.328. The molecule has 0 aliphatic carbocycles. The van der Waals surface area contributed by atoms with Gasteiger partial charge in [0, 0.05) is 13.1 Å². The minimum atomic E-state index is 0.563. The van der Waals surface area contributed by atoms with Gasteiger partial charge >= 0.3 is 0 Å². The van der Waals surface area contributed by atoms with Crippen LogP contribution in [0.1, 0.15) is 18.1 Å². The first kappa shape index (κ1) is 16.1. The summed E-state index contributed by atoms with van der Waals surface area (Å²) in [6.07, 6.45) is 1.80. The zero-order valence-corrected chi connectivity index (χ0v) is 12.7. The van der Waals surface area contributed by atoms with Crippen molar-refractivity contribution >= 4 is 5.96 Å². The third kappa shape index (κ3) is 6.27. The summed E-state index contributed by atoms with van der Waals surface area (Å²) in [7, 11) is 0. The van der Waals surface area contributed by atoms with Crippen molar-refractivity contribution < 1.29 is 4.74 Å². The van der Waals surface area contributed by atoms with Crippen LogP contribution in [0.25, 0.3) is 0 Å². The van der Waals surface area contributed by atoms with E-state index in [-0.39, 0.29) is 0 Å². The van der Waals surface area contributed by atoms with Gasteiger partial charge in [0.15, 0.2) is 5.96 Å². The number of benzene rings is 1. The first-order valence-electron chi connectivity index (χ1n) is 7.00. The molecule has 1 rings (SSSR count). The lowest BCUT2D eigenvalue weighted by atomic mass is 10.1. The average Bonchev–Trinajstić information content (AvgIpc) is 2.39. The summed E-state index contributed by atoms with van der Waals surface area (Å²) in [6.45, 7) is 12.6. The molecule has 0 radical (unpaired) electrons. The predicted molar refractivity (Wildman–Crippen MR) is 85.6 cm³/mol. The van der Waals surface area contributed by atoms with Gasteiger partial charge < -0.3 is 15.4 Å². The van der Waals surface area contributed by atoms with Gasteiger partial charge in [0.25, 0.3) is 0 Å². The minimum absolute atomic E-state index is 0.563. The fourth-order valence-corrected chi connectivity index (χ4v) is 1.85. The second-order valence-corrected chi connectivity index (χ2v) is 4.60. The van der Waals surface area contributed by atoms with Crippen molar-refractivity contribution in [1.82, 2.24) is 10.6 Å². The van der Waals surface area contributed by atoms with E-state index in [1.165, 1.54) is 11.1 Å². The van der Waals surface area contributed by atoms with Crippen LogP contribution in [0.5, 0.6) is 5.75 Å². The van der Waals surface area contributed by atoms with E-state index in [1.54, 1.807) is 6.08 Å². The molecule has 0 bridgehead atoms. The Morgan fingerprint density at radius 2 is 1.95 bits per heavy atom. The van der Waals surface area contributed by atoms with Crippen LogP contribution in [-0.2, 0) is 0 Å². The lowest BCUT2D eigenvalue weighted by Crippen LogP contribution is -2.37. The second kappa shape index (κ2) is 9.02. The van der Waals surface area contributed by atoms with Gasteiger partial charge in [-0.25, -0.2) is 4.99 Å². The number of ether oxygens (including phenoxy) is 1. The van der Waals surface area contributed by atoms with Crippen LogP contribution in [0.2, 0.25) is 0 Å². The lowest BCUT2D eigenvalue weighted by Gasteiger charge is -2.10. The molecule has 0 heterocycles. The van der Waals surface area contributed by atoms with Crippen LogP contribution in [0, 0.1) is 13.8 Å². The molecule has 110 valence electrons. The largest absolute Gasteiger partial charge is 0.492 e. The molecular weight excluding hydrogens is 250 g/mol. The molecule has 0 aliphatic heterocycles. The average molecular weight is 275 g/mol. The number of aryl methyl sites for hydroxylation is 2. The van der Waals surface area contributed by atoms with Gasteiger partial charge in [-0.2, -0.15) is 0 Å². The van der Waals surface area contributed by atoms with Gasteiger partial charge in [-0.1, -0.05) is 12.1 Å². The molecule has 0 spiro atoms. The molecule has 0 atom stereocenters. The number of rotatable bonds is 7. The Morgan fingerprint density at radius 1 is 1.25 bits per heavy atom. The molecule has 0 amide bonds. The smallest absolute Gasteiger partial charge is 0.191 e. The molecule has 0 aromatic heterocycles. The zero-order valence-electron chi connectivity index (χ0n) is 12.7. The molecule has 0 saturated heterocycles. The summed E-state index contributed by atoms with van der Waals surface area (Å²) < 4.78 is 5.72. The van der Waals surface area contributed by atoms with Gasteiger partial charge in [-0.3, -0.25) is 0 Å². The van der Waals surface area contributed by atoms with Crippen molar-refractivity contribution in [2.75, 3.05) is 26.2 Å². The Labute approximate surface area is 121 Å². The van der Waals surface area contributed by atoms with Crippen LogP contribution in [0.3, 0.4) is 0 Å². The molecule has 0 fully saturated rings. The number of hydrogen-bond donors (Lipinski definition) is 2. The van der Waals surface area contributed by atoms with Crippen LogP contribution >= 0.6 is 0 Å². The number of nitrogens with one attached hydrogen (secondary N) is 2. The molecule has 1 aromatic carbocycles. The van der Waals surface area contributed by atoms with Crippen LogP contribution in [-0.4, -0.2) is 32.2 Å². The normalized spacial score (nSPS) is 11.1. The van der Waals surface area contributed by atoms with Crippen molar-refractivity contribution in [1.29, 1.82) is 0 Å². The predicted octanol–water partition coefficient (Wildman–Crippen LogP) is 2.42. The molecule has 0 unspecified atom stereocenters. The van der Waals surface area contributed by atoms with E-state index in [2.05, 4.69) is 42.1 Å². The van der Waals surface area contributed by atoms with E-state index in [1.807, 2.05) is 19.1 Å². The molecule has 20 heavy (non-hydrogen) atoms. The van der Waals surface area contributed by atoms with Crippen LogP contribution in [0.15, 0.2) is 35.8 Å². The first-order chi connectivity index (χ1) is 9.65. The Morgan fingerprint density at radius 3 is 2.55 bits per heavy atom.